The van der Waals surface area contributed by atoms with Crippen LogP contribution in [0.3, 0.4) is 0 Å². The summed E-state index contributed by atoms with van der Waals surface area (Å²) in [5.74, 6) is 0.270. The Morgan fingerprint density at radius 3 is 2.93 bits per heavy atom. The summed E-state index contributed by atoms with van der Waals surface area (Å²) in [6, 6.07) is 3.53. The Bertz CT molecular complexity index is 345. The molecule has 76 valence electrons. The molecule has 0 spiro atoms. The molecule has 3 heteroatoms. The molecular weight excluding hydrogens is 245 g/mol. The zero-order valence-electron chi connectivity index (χ0n) is 8.11. The summed E-state index contributed by atoms with van der Waals surface area (Å²) < 4.78 is 14.6. The van der Waals surface area contributed by atoms with Crippen LogP contribution in [0.4, 0.5) is 4.39 Å². The lowest BCUT2D eigenvalue weighted by atomic mass is 9.97. The number of rotatable bonds is 1. The van der Waals surface area contributed by atoms with Crippen molar-refractivity contribution < 1.29 is 4.39 Å². The average molecular weight is 258 g/mol. The Labute approximate surface area is 91.8 Å². The van der Waals surface area contributed by atoms with Crippen molar-refractivity contribution in [1.29, 1.82) is 0 Å². The van der Waals surface area contributed by atoms with Gasteiger partial charge in [-0.3, -0.25) is 0 Å². The molecule has 1 heterocycles. The second-order valence-electron chi connectivity index (χ2n) is 3.81. The standard InChI is InChI=1S/C11H13BrFN/c1-7-4-11(13)9(5-10(7)12)8-2-3-14-6-8/h4-5,8,14H,2-3,6H2,1H3. The summed E-state index contributed by atoms with van der Waals surface area (Å²) in [6.45, 7) is 3.80. The van der Waals surface area contributed by atoms with Crippen LogP contribution in [0.25, 0.3) is 0 Å². The van der Waals surface area contributed by atoms with E-state index in [9.17, 15) is 4.39 Å². The fraction of sp³-hybridized carbons (Fsp3) is 0.455. The molecule has 0 radical (unpaired) electrons. The lowest BCUT2D eigenvalue weighted by Crippen LogP contribution is -2.09. The third-order valence-corrected chi connectivity index (χ3v) is 3.63. The normalized spacial score (nSPS) is 21.5. The molecule has 1 saturated heterocycles. The van der Waals surface area contributed by atoms with Gasteiger partial charge < -0.3 is 5.32 Å². The maximum absolute atomic E-state index is 13.6. The molecule has 0 bridgehead atoms. The van der Waals surface area contributed by atoms with Gasteiger partial charge in [-0.25, -0.2) is 4.39 Å². The lowest BCUT2D eigenvalue weighted by molar-refractivity contribution is 0.586. The lowest BCUT2D eigenvalue weighted by Gasteiger charge is -2.11. The highest BCUT2D eigenvalue weighted by Crippen LogP contribution is 2.29. The van der Waals surface area contributed by atoms with Gasteiger partial charge in [0.05, 0.1) is 0 Å². The summed E-state index contributed by atoms with van der Waals surface area (Å²) in [6.07, 6.45) is 1.03. The molecule has 1 nitrogen and oxygen atoms in total. The maximum atomic E-state index is 13.6. The van der Waals surface area contributed by atoms with Gasteiger partial charge in [0.25, 0.3) is 0 Å². The predicted octanol–water partition coefficient (Wildman–Crippen LogP) is 2.97. The minimum atomic E-state index is -0.0700. The number of nitrogens with one attached hydrogen (secondary N) is 1. The quantitative estimate of drug-likeness (QED) is 0.816. The average Bonchev–Trinajstić information content (AvgIpc) is 2.64. The first-order chi connectivity index (χ1) is 6.68. The zero-order valence-corrected chi connectivity index (χ0v) is 9.70. The van der Waals surface area contributed by atoms with Gasteiger partial charge in [0, 0.05) is 16.9 Å². The van der Waals surface area contributed by atoms with Crippen molar-refractivity contribution in [1.82, 2.24) is 5.32 Å². The molecule has 1 N–H and O–H groups in total. The van der Waals surface area contributed by atoms with E-state index in [4.69, 9.17) is 0 Å². The number of halogens is 2. The van der Waals surface area contributed by atoms with Crippen molar-refractivity contribution in [2.24, 2.45) is 0 Å². The van der Waals surface area contributed by atoms with Gasteiger partial charge in [0.15, 0.2) is 0 Å². The predicted molar refractivity (Wildman–Crippen MR) is 59.1 cm³/mol. The van der Waals surface area contributed by atoms with Crippen molar-refractivity contribution in [3.05, 3.63) is 33.5 Å². The number of hydrogen-bond acceptors (Lipinski definition) is 1. The summed E-state index contributed by atoms with van der Waals surface area (Å²) >= 11 is 3.44. The molecule has 1 aromatic rings. The molecular formula is C11H13BrFN. The first-order valence-corrected chi connectivity index (χ1v) is 5.64. The van der Waals surface area contributed by atoms with E-state index in [-0.39, 0.29) is 5.82 Å². The third-order valence-electron chi connectivity index (χ3n) is 2.78. The molecule has 1 fully saturated rings. The monoisotopic (exact) mass is 257 g/mol. The van der Waals surface area contributed by atoms with E-state index in [1.807, 2.05) is 13.0 Å². The van der Waals surface area contributed by atoms with Crippen LogP contribution in [-0.4, -0.2) is 13.1 Å². The van der Waals surface area contributed by atoms with Crippen molar-refractivity contribution in [2.45, 2.75) is 19.3 Å². The number of hydrogen-bond donors (Lipinski definition) is 1. The Hall–Kier alpha value is -0.410. The minimum Gasteiger partial charge on any atom is -0.316 e. The van der Waals surface area contributed by atoms with Crippen molar-refractivity contribution in [3.8, 4) is 0 Å². The Kier molecular flexibility index (Phi) is 2.88. The largest absolute Gasteiger partial charge is 0.316 e. The van der Waals surface area contributed by atoms with Crippen LogP contribution in [-0.2, 0) is 0 Å². The van der Waals surface area contributed by atoms with Gasteiger partial charge in [-0.1, -0.05) is 15.9 Å². The Balaban J connectivity index is 2.37. The molecule has 1 atom stereocenters. The second kappa shape index (κ2) is 3.99. The fourth-order valence-electron chi connectivity index (χ4n) is 1.89. The van der Waals surface area contributed by atoms with E-state index in [0.717, 1.165) is 35.1 Å². The molecule has 0 aromatic heterocycles. The summed E-state index contributed by atoms with van der Waals surface area (Å²) in [5, 5.41) is 3.25. The minimum absolute atomic E-state index is 0.0700. The highest BCUT2D eigenvalue weighted by atomic mass is 79.9. The third kappa shape index (κ3) is 1.84. The van der Waals surface area contributed by atoms with Crippen molar-refractivity contribution >= 4 is 15.9 Å². The fourth-order valence-corrected chi connectivity index (χ4v) is 2.26. The van der Waals surface area contributed by atoms with Crippen LogP contribution in [0, 0.1) is 12.7 Å². The Morgan fingerprint density at radius 1 is 1.50 bits per heavy atom. The van der Waals surface area contributed by atoms with E-state index in [2.05, 4.69) is 21.2 Å². The topological polar surface area (TPSA) is 12.0 Å². The van der Waals surface area contributed by atoms with Crippen LogP contribution in [0.15, 0.2) is 16.6 Å². The molecule has 0 saturated carbocycles. The van der Waals surface area contributed by atoms with Gasteiger partial charge in [-0.15, -0.1) is 0 Å². The maximum Gasteiger partial charge on any atom is 0.127 e. The highest BCUT2D eigenvalue weighted by Gasteiger charge is 2.20. The van der Waals surface area contributed by atoms with Crippen LogP contribution in [0.2, 0.25) is 0 Å². The second-order valence-corrected chi connectivity index (χ2v) is 4.67. The van der Waals surface area contributed by atoms with Gasteiger partial charge in [0.1, 0.15) is 5.82 Å². The molecule has 0 amide bonds. The van der Waals surface area contributed by atoms with Gasteiger partial charge in [0.2, 0.25) is 0 Å². The van der Waals surface area contributed by atoms with Crippen molar-refractivity contribution in [3.63, 3.8) is 0 Å². The first kappa shape index (κ1) is 10.1. The first-order valence-electron chi connectivity index (χ1n) is 4.84. The van der Waals surface area contributed by atoms with Crippen LogP contribution >= 0.6 is 15.9 Å². The van der Waals surface area contributed by atoms with Crippen LogP contribution in [0.5, 0.6) is 0 Å². The van der Waals surface area contributed by atoms with E-state index >= 15 is 0 Å². The summed E-state index contributed by atoms with van der Waals surface area (Å²) in [5.41, 5.74) is 1.80. The molecule has 1 aliphatic heterocycles. The Morgan fingerprint density at radius 2 is 2.29 bits per heavy atom. The highest BCUT2D eigenvalue weighted by molar-refractivity contribution is 9.10. The van der Waals surface area contributed by atoms with Crippen LogP contribution in [0.1, 0.15) is 23.5 Å². The van der Waals surface area contributed by atoms with Gasteiger partial charge in [-0.2, -0.15) is 0 Å². The van der Waals surface area contributed by atoms with Crippen LogP contribution < -0.4 is 5.32 Å². The molecule has 1 unspecified atom stereocenters. The number of benzene rings is 1. The summed E-state index contributed by atoms with van der Waals surface area (Å²) in [7, 11) is 0. The van der Waals surface area contributed by atoms with Gasteiger partial charge in [-0.05, 0) is 43.1 Å². The molecule has 0 aliphatic carbocycles. The molecule has 1 aliphatic rings. The van der Waals surface area contributed by atoms with E-state index in [1.54, 1.807) is 6.07 Å². The van der Waals surface area contributed by atoms with Crippen molar-refractivity contribution in [2.75, 3.05) is 13.1 Å². The summed E-state index contributed by atoms with van der Waals surface area (Å²) in [4.78, 5) is 0. The molecule has 2 rings (SSSR count). The van der Waals surface area contributed by atoms with E-state index in [1.165, 1.54) is 0 Å². The molecule has 14 heavy (non-hydrogen) atoms. The zero-order chi connectivity index (χ0) is 10.1. The van der Waals surface area contributed by atoms with E-state index in [0.29, 0.717) is 5.92 Å². The van der Waals surface area contributed by atoms with E-state index < -0.39 is 0 Å². The molecule has 1 aromatic carbocycles. The SMILES string of the molecule is Cc1cc(F)c(C2CCNC2)cc1Br. The van der Waals surface area contributed by atoms with Gasteiger partial charge >= 0.3 is 0 Å². The number of aryl methyl sites for hydroxylation is 1. The smallest absolute Gasteiger partial charge is 0.127 e.